The normalized spacial score (nSPS) is 10.3. The number of carbonyl (C=O) groups excluding carboxylic acids is 1. The molecule has 15 heavy (non-hydrogen) atoms. The van der Waals surface area contributed by atoms with Crippen molar-refractivity contribution in [1.82, 2.24) is 10.2 Å². The number of hydrogen-bond acceptors (Lipinski definition) is 3. The first-order valence-electron chi connectivity index (χ1n) is 4.22. The van der Waals surface area contributed by atoms with E-state index in [1.807, 2.05) is 6.92 Å². The number of thiophene rings is 1. The van der Waals surface area contributed by atoms with Crippen molar-refractivity contribution in [3.63, 3.8) is 0 Å². The second kappa shape index (κ2) is 4.16. The summed E-state index contributed by atoms with van der Waals surface area (Å²) in [5.41, 5.74) is 1.55. The quantitative estimate of drug-likeness (QED) is 0.891. The van der Waals surface area contributed by atoms with Crippen molar-refractivity contribution in [3.8, 4) is 0 Å². The Kier molecular flexibility index (Phi) is 2.88. The lowest BCUT2D eigenvalue weighted by atomic mass is 10.3. The van der Waals surface area contributed by atoms with E-state index < -0.39 is 0 Å². The minimum Gasteiger partial charge on any atom is -0.305 e. The van der Waals surface area contributed by atoms with Gasteiger partial charge in [-0.2, -0.15) is 5.10 Å². The summed E-state index contributed by atoms with van der Waals surface area (Å²) in [6.07, 6.45) is 0. The summed E-state index contributed by atoms with van der Waals surface area (Å²) in [5.74, 6) is 0.392. The van der Waals surface area contributed by atoms with Crippen molar-refractivity contribution in [2.24, 2.45) is 0 Å². The van der Waals surface area contributed by atoms with Crippen LogP contribution in [0.25, 0.3) is 0 Å². The number of H-pyrrole nitrogens is 1. The second-order valence-electron chi connectivity index (χ2n) is 3.03. The number of nitrogens with zero attached hydrogens (tertiary/aromatic N) is 1. The van der Waals surface area contributed by atoms with Crippen LogP contribution in [0.3, 0.4) is 0 Å². The first-order valence-corrected chi connectivity index (χ1v) is 5.90. The molecule has 0 saturated carbocycles. The molecule has 0 aliphatic rings. The number of nitrogens with one attached hydrogen (secondary N) is 2. The maximum Gasteiger partial charge on any atom is 0.257 e. The molecule has 0 radical (unpaired) electrons. The van der Waals surface area contributed by atoms with Crippen LogP contribution in [-0.4, -0.2) is 16.1 Å². The third-order valence-electron chi connectivity index (χ3n) is 1.78. The van der Waals surface area contributed by atoms with E-state index in [0.717, 1.165) is 9.48 Å². The number of amides is 1. The highest BCUT2D eigenvalue weighted by atomic mass is 79.9. The first kappa shape index (κ1) is 10.4. The third-order valence-corrected chi connectivity index (χ3v) is 3.28. The number of aromatic nitrogens is 2. The van der Waals surface area contributed by atoms with Crippen molar-refractivity contribution in [3.05, 3.63) is 32.6 Å². The van der Waals surface area contributed by atoms with Crippen LogP contribution in [0.1, 0.15) is 16.1 Å². The Hall–Kier alpha value is -1.14. The van der Waals surface area contributed by atoms with E-state index in [2.05, 4.69) is 31.4 Å². The van der Waals surface area contributed by atoms with Gasteiger partial charge in [0, 0.05) is 17.1 Å². The van der Waals surface area contributed by atoms with Gasteiger partial charge >= 0.3 is 0 Å². The highest BCUT2D eigenvalue weighted by molar-refractivity contribution is 9.11. The van der Waals surface area contributed by atoms with Crippen LogP contribution in [0.5, 0.6) is 0 Å². The number of aryl methyl sites for hydroxylation is 1. The van der Waals surface area contributed by atoms with Crippen molar-refractivity contribution < 1.29 is 4.79 Å². The van der Waals surface area contributed by atoms with E-state index in [-0.39, 0.29) is 5.91 Å². The van der Waals surface area contributed by atoms with Gasteiger partial charge in [0.2, 0.25) is 0 Å². The Morgan fingerprint density at radius 1 is 1.60 bits per heavy atom. The molecule has 0 fully saturated rings. The largest absolute Gasteiger partial charge is 0.305 e. The second-order valence-corrected chi connectivity index (χ2v) is 5.32. The summed E-state index contributed by atoms with van der Waals surface area (Å²) >= 11 is 4.78. The number of anilines is 1. The van der Waals surface area contributed by atoms with Gasteiger partial charge in [-0.15, -0.1) is 11.3 Å². The van der Waals surface area contributed by atoms with Gasteiger partial charge in [-0.25, -0.2) is 0 Å². The van der Waals surface area contributed by atoms with Gasteiger partial charge in [-0.3, -0.25) is 9.89 Å². The average Bonchev–Trinajstić information content (AvgIpc) is 2.75. The fourth-order valence-electron chi connectivity index (χ4n) is 1.10. The molecule has 2 aromatic rings. The number of hydrogen-bond donors (Lipinski definition) is 2. The molecule has 0 bridgehead atoms. The Labute approximate surface area is 98.8 Å². The van der Waals surface area contributed by atoms with Crippen molar-refractivity contribution in [1.29, 1.82) is 0 Å². The number of rotatable bonds is 2. The standard InChI is InChI=1S/C9H8BrN3OS/c1-5-2-8(13-12-5)11-9(14)6-3-7(10)15-4-6/h2-4H,1H3,(H2,11,12,13,14). The van der Waals surface area contributed by atoms with E-state index in [0.29, 0.717) is 11.4 Å². The molecular formula is C9H8BrN3OS. The number of aromatic amines is 1. The molecule has 2 N–H and O–H groups in total. The summed E-state index contributed by atoms with van der Waals surface area (Å²) in [5, 5.41) is 11.2. The molecule has 0 saturated heterocycles. The monoisotopic (exact) mass is 285 g/mol. The summed E-state index contributed by atoms with van der Waals surface area (Å²) in [6, 6.07) is 3.55. The molecule has 0 atom stereocenters. The van der Waals surface area contributed by atoms with Gasteiger partial charge in [0.25, 0.3) is 5.91 Å². The molecule has 2 aromatic heterocycles. The molecule has 0 unspecified atom stereocenters. The molecule has 0 spiro atoms. The van der Waals surface area contributed by atoms with E-state index in [9.17, 15) is 4.79 Å². The van der Waals surface area contributed by atoms with E-state index in [1.165, 1.54) is 11.3 Å². The molecule has 0 aliphatic carbocycles. The molecule has 0 aliphatic heterocycles. The zero-order valence-electron chi connectivity index (χ0n) is 7.87. The van der Waals surface area contributed by atoms with Crippen LogP contribution in [0.2, 0.25) is 0 Å². The maximum absolute atomic E-state index is 11.7. The molecule has 4 nitrogen and oxygen atoms in total. The molecular weight excluding hydrogens is 278 g/mol. The topological polar surface area (TPSA) is 57.8 Å². The smallest absolute Gasteiger partial charge is 0.257 e. The zero-order valence-corrected chi connectivity index (χ0v) is 10.3. The van der Waals surface area contributed by atoms with Gasteiger partial charge in [0.1, 0.15) is 0 Å². The molecule has 0 aromatic carbocycles. The minimum atomic E-state index is -0.150. The molecule has 2 heterocycles. The third kappa shape index (κ3) is 2.45. The Balaban J connectivity index is 2.10. The fraction of sp³-hybridized carbons (Fsp3) is 0.111. The van der Waals surface area contributed by atoms with Crippen LogP contribution >= 0.6 is 27.3 Å². The lowest BCUT2D eigenvalue weighted by Gasteiger charge is -1.97. The van der Waals surface area contributed by atoms with Crippen LogP contribution in [0, 0.1) is 6.92 Å². The van der Waals surface area contributed by atoms with Crippen molar-refractivity contribution >= 4 is 39.0 Å². The van der Waals surface area contributed by atoms with Crippen LogP contribution < -0.4 is 5.32 Å². The van der Waals surface area contributed by atoms with Gasteiger partial charge in [-0.1, -0.05) is 0 Å². The first-order chi connectivity index (χ1) is 7.15. The summed E-state index contributed by atoms with van der Waals surface area (Å²) in [6.45, 7) is 1.88. The molecule has 6 heteroatoms. The lowest BCUT2D eigenvalue weighted by Crippen LogP contribution is -2.10. The number of carbonyl (C=O) groups is 1. The summed E-state index contributed by atoms with van der Waals surface area (Å²) < 4.78 is 0.936. The highest BCUT2D eigenvalue weighted by Crippen LogP contribution is 2.21. The van der Waals surface area contributed by atoms with Crippen molar-refractivity contribution in [2.45, 2.75) is 6.92 Å². The van der Waals surface area contributed by atoms with Crippen LogP contribution in [0.15, 0.2) is 21.3 Å². The zero-order chi connectivity index (χ0) is 10.8. The Morgan fingerprint density at radius 2 is 2.40 bits per heavy atom. The number of halogens is 1. The van der Waals surface area contributed by atoms with E-state index in [4.69, 9.17) is 0 Å². The average molecular weight is 286 g/mol. The molecule has 2 rings (SSSR count). The predicted molar refractivity (Wildman–Crippen MR) is 63.3 cm³/mol. The molecule has 78 valence electrons. The lowest BCUT2D eigenvalue weighted by molar-refractivity contribution is 0.102. The maximum atomic E-state index is 11.7. The van der Waals surface area contributed by atoms with Crippen LogP contribution in [0.4, 0.5) is 5.82 Å². The SMILES string of the molecule is Cc1cc(NC(=O)c2csc(Br)c2)n[nH]1. The van der Waals surface area contributed by atoms with Gasteiger partial charge in [0.05, 0.1) is 9.35 Å². The summed E-state index contributed by atoms with van der Waals surface area (Å²) in [7, 11) is 0. The Bertz CT molecular complexity index is 491. The summed E-state index contributed by atoms with van der Waals surface area (Å²) in [4.78, 5) is 11.7. The fourth-order valence-corrected chi connectivity index (χ4v) is 2.24. The van der Waals surface area contributed by atoms with Gasteiger partial charge < -0.3 is 5.32 Å². The van der Waals surface area contributed by atoms with Crippen LogP contribution in [-0.2, 0) is 0 Å². The van der Waals surface area contributed by atoms with Crippen molar-refractivity contribution in [2.75, 3.05) is 5.32 Å². The van der Waals surface area contributed by atoms with E-state index in [1.54, 1.807) is 17.5 Å². The van der Waals surface area contributed by atoms with E-state index >= 15 is 0 Å². The molecule has 1 amide bonds. The highest BCUT2D eigenvalue weighted by Gasteiger charge is 2.09. The van der Waals surface area contributed by atoms with Gasteiger partial charge in [0.15, 0.2) is 5.82 Å². The minimum absolute atomic E-state index is 0.150. The van der Waals surface area contributed by atoms with Gasteiger partial charge in [-0.05, 0) is 28.9 Å². The predicted octanol–water partition coefficient (Wildman–Crippen LogP) is 2.79. The Morgan fingerprint density at radius 3 is 2.93 bits per heavy atom.